The predicted molar refractivity (Wildman–Crippen MR) is 357 cm³/mol. The largest absolute Gasteiger partial charge is 0.462 e. The van der Waals surface area contributed by atoms with Gasteiger partial charge in [0.1, 0.15) is 13.2 Å². The average molecular weight is 1130 g/mol. The van der Waals surface area contributed by atoms with Crippen LogP contribution in [0.25, 0.3) is 0 Å². The van der Waals surface area contributed by atoms with Gasteiger partial charge in [-0.3, -0.25) is 14.4 Å². The number of allylic oxidation sites excluding steroid dienone is 24. The van der Waals surface area contributed by atoms with Gasteiger partial charge in [-0.05, 0) is 128 Å². The summed E-state index contributed by atoms with van der Waals surface area (Å²) in [6.07, 6.45) is 98.7. The van der Waals surface area contributed by atoms with E-state index in [0.29, 0.717) is 19.3 Å². The number of hydrogen-bond donors (Lipinski definition) is 0. The molecule has 6 heteroatoms. The number of ether oxygens (including phenoxy) is 3. The van der Waals surface area contributed by atoms with Crippen molar-refractivity contribution in [3.05, 3.63) is 146 Å². The van der Waals surface area contributed by atoms with Gasteiger partial charge < -0.3 is 14.2 Å². The fourth-order valence-corrected chi connectivity index (χ4v) is 9.08. The normalized spacial score (nSPS) is 13.1. The van der Waals surface area contributed by atoms with E-state index in [1.807, 2.05) is 6.08 Å². The van der Waals surface area contributed by atoms with Crippen molar-refractivity contribution in [1.82, 2.24) is 0 Å². The van der Waals surface area contributed by atoms with E-state index in [0.717, 1.165) is 109 Å². The van der Waals surface area contributed by atoms with Crippen LogP contribution in [-0.4, -0.2) is 37.2 Å². The molecule has 0 saturated heterocycles. The highest BCUT2D eigenvalue weighted by atomic mass is 16.6. The SMILES string of the molecule is CC/C=C\C/C=C\C/C=C\C/C=C\C/C=C\C/C=C\CCC(=O)OC(COC(=O)CCCCCCCCC/C=C\CCCCCCCCC)COC(=O)CCCCCCCCCCCCC/C=C\C/C=C\C/C=C\C/C=C\C/C=C\CC. The molecule has 1 atom stereocenters. The lowest BCUT2D eigenvalue weighted by molar-refractivity contribution is -0.166. The molecule has 0 rings (SSSR count). The van der Waals surface area contributed by atoms with Crippen LogP contribution in [0.2, 0.25) is 0 Å². The lowest BCUT2D eigenvalue weighted by atomic mass is 10.0. The molecule has 0 N–H and O–H groups in total. The van der Waals surface area contributed by atoms with E-state index < -0.39 is 12.1 Å². The third-order valence-corrected chi connectivity index (χ3v) is 14.1. The van der Waals surface area contributed by atoms with Crippen molar-refractivity contribution >= 4 is 17.9 Å². The minimum absolute atomic E-state index is 0.115. The summed E-state index contributed by atoms with van der Waals surface area (Å²) in [5.74, 6) is -1.00. The Morgan fingerprint density at radius 1 is 0.256 bits per heavy atom. The van der Waals surface area contributed by atoms with Gasteiger partial charge in [0.25, 0.3) is 0 Å². The lowest BCUT2D eigenvalue weighted by Crippen LogP contribution is -2.30. The molecule has 0 aromatic heterocycles. The van der Waals surface area contributed by atoms with Crippen molar-refractivity contribution in [2.45, 2.75) is 303 Å². The fourth-order valence-electron chi connectivity index (χ4n) is 9.08. The molecule has 0 spiro atoms. The fraction of sp³-hybridized carbons (Fsp3) is 0.645. The third-order valence-electron chi connectivity index (χ3n) is 14.1. The summed E-state index contributed by atoms with van der Waals surface area (Å²) in [5.41, 5.74) is 0. The van der Waals surface area contributed by atoms with Gasteiger partial charge >= 0.3 is 17.9 Å². The summed E-state index contributed by atoms with van der Waals surface area (Å²) in [4.78, 5) is 38.4. The molecular weight excluding hydrogens is 1010 g/mol. The van der Waals surface area contributed by atoms with Gasteiger partial charge in [-0.15, -0.1) is 0 Å². The Bertz CT molecular complexity index is 1780. The van der Waals surface area contributed by atoms with Gasteiger partial charge in [0, 0.05) is 19.3 Å². The molecule has 0 bridgehead atoms. The lowest BCUT2D eigenvalue weighted by Gasteiger charge is -2.18. The zero-order chi connectivity index (χ0) is 59.2. The number of hydrogen-bond acceptors (Lipinski definition) is 6. The van der Waals surface area contributed by atoms with Crippen molar-refractivity contribution in [3.63, 3.8) is 0 Å². The Kier molecular flexibility index (Phi) is 64.8. The minimum Gasteiger partial charge on any atom is -0.462 e. The van der Waals surface area contributed by atoms with Gasteiger partial charge in [0.15, 0.2) is 6.10 Å². The van der Waals surface area contributed by atoms with E-state index in [1.54, 1.807) is 0 Å². The molecule has 0 radical (unpaired) electrons. The van der Waals surface area contributed by atoms with Crippen molar-refractivity contribution in [2.24, 2.45) is 0 Å². The maximum atomic E-state index is 12.9. The van der Waals surface area contributed by atoms with Crippen LogP contribution in [0.4, 0.5) is 0 Å². The van der Waals surface area contributed by atoms with Crippen molar-refractivity contribution in [3.8, 4) is 0 Å². The third kappa shape index (κ3) is 66.1. The molecule has 464 valence electrons. The van der Waals surface area contributed by atoms with Crippen LogP contribution in [0.5, 0.6) is 0 Å². The highest BCUT2D eigenvalue weighted by molar-refractivity contribution is 5.71. The Balaban J connectivity index is 4.46. The summed E-state index contributed by atoms with van der Waals surface area (Å²) in [6.45, 7) is 6.36. The first-order chi connectivity index (χ1) is 40.5. The van der Waals surface area contributed by atoms with Crippen LogP contribution in [0, 0.1) is 0 Å². The first kappa shape index (κ1) is 77.3. The monoisotopic (exact) mass is 1130 g/mol. The zero-order valence-electron chi connectivity index (χ0n) is 53.2. The van der Waals surface area contributed by atoms with Crippen LogP contribution in [0.3, 0.4) is 0 Å². The molecule has 0 aliphatic heterocycles. The maximum Gasteiger partial charge on any atom is 0.306 e. The summed E-state index contributed by atoms with van der Waals surface area (Å²) in [6, 6.07) is 0. The van der Waals surface area contributed by atoms with Crippen LogP contribution in [-0.2, 0) is 28.6 Å². The first-order valence-electron chi connectivity index (χ1n) is 33.8. The summed E-state index contributed by atoms with van der Waals surface area (Å²) < 4.78 is 16.9. The standard InChI is InChI=1S/C76H124O6/c1-4-7-10-13-16-19-22-25-28-31-34-35-36-37-38-39-40-41-43-45-48-51-54-57-60-63-66-69-75(78)81-72-73(71-80-74(77)68-65-62-59-56-53-50-47-44-33-30-27-24-21-18-15-12-9-6-3)82-76(79)70-67-64-61-58-55-52-49-46-42-32-29-26-23-20-17-14-11-8-5-2/h7-8,10-11,16-17,19-20,25-26,28-30,33-35,37-38,42,46,52,55,61,64,73H,4-6,9,12-15,18,21-24,27,31-32,36,39-41,43-45,47-51,53-54,56-60,62-63,65-72H2,1-3H3/b10-7-,11-8-,19-16-,20-17-,28-25-,29-26-,33-30-,35-34-,38-37-,46-42-,55-52-,64-61-. The highest BCUT2D eigenvalue weighted by Crippen LogP contribution is 2.15. The van der Waals surface area contributed by atoms with Crippen molar-refractivity contribution in [2.75, 3.05) is 13.2 Å². The smallest absolute Gasteiger partial charge is 0.306 e. The van der Waals surface area contributed by atoms with Crippen LogP contribution in [0.15, 0.2) is 146 Å². The summed E-state index contributed by atoms with van der Waals surface area (Å²) in [7, 11) is 0. The molecule has 0 aliphatic carbocycles. The maximum absolute atomic E-state index is 12.9. The quantitative estimate of drug-likeness (QED) is 0.0261. The second kappa shape index (κ2) is 68.8. The molecule has 0 amide bonds. The van der Waals surface area contributed by atoms with Gasteiger partial charge in [-0.2, -0.15) is 0 Å². The Morgan fingerprint density at radius 3 is 0.805 bits per heavy atom. The summed E-state index contributed by atoms with van der Waals surface area (Å²) in [5, 5.41) is 0. The molecular formula is C76H124O6. The van der Waals surface area contributed by atoms with E-state index in [-0.39, 0.29) is 31.6 Å². The molecule has 82 heavy (non-hydrogen) atoms. The molecule has 0 aliphatic rings. The Morgan fingerprint density at radius 2 is 0.500 bits per heavy atom. The van der Waals surface area contributed by atoms with Crippen molar-refractivity contribution < 1.29 is 28.6 Å². The zero-order valence-corrected chi connectivity index (χ0v) is 53.2. The first-order valence-corrected chi connectivity index (χ1v) is 33.8. The topological polar surface area (TPSA) is 78.9 Å². The van der Waals surface area contributed by atoms with E-state index in [1.165, 1.54) is 141 Å². The van der Waals surface area contributed by atoms with E-state index in [4.69, 9.17) is 14.2 Å². The van der Waals surface area contributed by atoms with E-state index in [9.17, 15) is 14.4 Å². The highest BCUT2D eigenvalue weighted by Gasteiger charge is 2.19. The predicted octanol–water partition coefficient (Wildman–Crippen LogP) is 23.5. The van der Waals surface area contributed by atoms with Crippen LogP contribution >= 0.6 is 0 Å². The van der Waals surface area contributed by atoms with E-state index >= 15 is 0 Å². The Hall–Kier alpha value is -4.71. The number of carbonyl (C=O) groups is 3. The number of esters is 3. The number of unbranched alkanes of at least 4 members (excludes halogenated alkanes) is 25. The molecule has 0 aromatic rings. The summed E-state index contributed by atoms with van der Waals surface area (Å²) >= 11 is 0. The Labute approximate surface area is 506 Å². The van der Waals surface area contributed by atoms with Gasteiger partial charge in [0.05, 0.1) is 0 Å². The molecule has 0 aromatic carbocycles. The van der Waals surface area contributed by atoms with E-state index in [2.05, 4.69) is 161 Å². The number of carbonyl (C=O) groups excluding carboxylic acids is 3. The van der Waals surface area contributed by atoms with Crippen molar-refractivity contribution in [1.29, 1.82) is 0 Å². The molecule has 6 nitrogen and oxygen atoms in total. The molecule has 1 unspecified atom stereocenters. The molecule has 0 saturated carbocycles. The average Bonchev–Trinajstić information content (AvgIpc) is 3.47. The minimum atomic E-state index is -0.829. The van der Waals surface area contributed by atoms with Gasteiger partial charge in [-0.25, -0.2) is 0 Å². The molecule has 0 fully saturated rings. The molecule has 0 heterocycles. The second-order valence-electron chi connectivity index (χ2n) is 22.0. The van der Waals surface area contributed by atoms with Gasteiger partial charge in [-0.1, -0.05) is 295 Å². The number of rotatable bonds is 60. The second-order valence-corrected chi connectivity index (χ2v) is 22.0. The van der Waals surface area contributed by atoms with Crippen LogP contribution in [0.1, 0.15) is 297 Å². The van der Waals surface area contributed by atoms with Crippen LogP contribution < -0.4 is 0 Å². The van der Waals surface area contributed by atoms with Gasteiger partial charge in [0.2, 0.25) is 0 Å².